The van der Waals surface area contributed by atoms with Crippen LogP contribution in [0, 0.1) is 11.3 Å². The Morgan fingerprint density at radius 3 is 2.27 bits per heavy atom. The number of unbranched alkanes of at least 4 members (excludes halogenated alkanes) is 2. The van der Waals surface area contributed by atoms with Crippen molar-refractivity contribution in [3.05, 3.63) is 22.4 Å². The van der Waals surface area contributed by atoms with Crippen LogP contribution < -0.4 is 4.90 Å². The van der Waals surface area contributed by atoms with Crippen molar-refractivity contribution in [2.24, 2.45) is 0 Å². The van der Waals surface area contributed by atoms with Crippen LogP contribution in [0.25, 0.3) is 0 Å². The number of nitriles is 1. The summed E-state index contributed by atoms with van der Waals surface area (Å²) >= 11 is 0. The zero-order valence-electron chi connectivity index (χ0n) is 17.5. The first-order chi connectivity index (χ1) is 12.3. The molecule has 0 fully saturated rings. The monoisotopic (exact) mass is 357 g/mol. The molecule has 1 aromatic heterocycles. The Morgan fingerprint density at radius 2 is 1.77 bits per heavy atom. The molecule has 2 rings (SSSR count). The molecule has 0 N–H and O–H groups in total. The van der Waals surface area contributed by atoms with Gasteiger partial charge < -0.3 is 9.64 Å². The first kappa shape index (κ1) is 20.7. The lowest BCUT2D eigenvalue weighted by molar-refractivity contribution is -0.0408. The minimum absolute atomic E-state index is 0.233. The third-order valence-electron chi connectivity index (χ3n) is 5.16. The second kappa shape index (κ2) is 8.86. The fourth-order valence-electron chi connectivity index (χ4n) is 3.62. The summed E-state index contributed by atoms with van der Waals surface area (Å²) in [6, 6.07) is 2.50. The van der Waals surface area contributed by atoms with Crippen molar-refractivity contribution in [3.8, 4) is 6.07 Å². The molecule has 0 saturated carbocycles. The maximum atomic E-state index is 10.0. The fourth-order valence-corrected chi connectivity index (χ4v) is 3.62. The molecular weight excluding hydrogens is 322 g/mol. The van der Waals surface area contributed by atoms with Gasteiger partial charge in [-0.25, -0.2) is 4.98 Å². The second-order valence-corrected chi connectivity index (χ2v) is 8.34. The summed E-state index contributed by atoms with van der Waals surface area (Å²) in [5, 5.41) is 10.0. The topological polar surface area (TPSA) is 49.2 Å². The molecule has 2 heterocycles. The van der Waals surface area contributed by atoms with Gasteiger partial charge in [0.15, 0.2) is 0 Å². The van der Waals surface area contributed by atoms with E-state index in [1.54, 1.807) is 0 Å². The van der Waals surface area contributed by atoms with Crippen molar-refractivity contribution in [3.63, 3.8) is 0 Å². The molecule has 0 aromatic carbocycles. The average Bonchev–Trinajstić information content (AvgIpc) is 2.59. The molecule has 0 bridgehead atoms. The molecule has 0 saturated heterocycles. The number of fused-ring (bicyclic) bond motifs is 1. The van der Waals surface area contributed by atoms with E-state index in [0.717, 1.165) is 73.4 Å². The predicted octanol–water partition coefficient (Wildman–Crippen LogP) is 5.33. The number of pyridine rings is 1. The maximum Gasteiger partial charge on any atom is 0.147 e. The van der Waals surface area contributed by atoms with Crippen LogP contribution in [-0.2, 0) is 17.8 Å². The zero-order valence-corrected chi connectivity index (χ0v) is 17.5. The van der Waals surface area contributed by atoms with Gasteiger partial charge in [-0.3, -0.25) is 0 Å². The largest absolute Gasteiger partial charge is 0.370 e. The SMILES string of the molecule is CCCCN(CCCC)c1nc(C(C)C)c2c(c1C#N)CC(C)(C)OC2. The Kier molecular flexibility index (Phi) is 7.06. The van der Waals surface area contributed by atoms with Gasteiger partial charge in [0.1, 0.15) is 11.9 Å². The van der Waals surface area contributed by atoms with Gasteiger partial charge in [0.2, 0.25) is 0 Å². The lowest BCUT2D eigenvalue weighted by atomic mass is 9.86. The number of nitrogens with zero attached hydrogens (tertiary/aromatic N) is 3. The van der Waals surface area contributed by atoms with Gasteiger partial charge in [0.25, 0.3) is 0 Å². The van der Waals surface area contributed by atoms with Gasteiger partial charge in [-0.15, -0.1) is 0 Å². The molecule has 0 atom stereocenters. The van der Waals surface area contributed by atoms with E-state index in [-0.39, 0.29) is 5.60 Å². The molecular formula is C22H35N3O. The molecule has 0 aliphatic carbocycles. The molecule has 4 heteroatoms. The molecule has 0 spiro atoms. The summed E-state index contributed by atoms with van der Waals surface area (Å²) in [6.07, 6.45) is 5.31. The molecule has 0 unspecified atom stereocenters. The summed E-state index contributed by atoms with van der Waals surface area (Å²) in [5.41, 5.74) is 3.94. The first-order valence-electron chi connectivity index (χ1n) is 10.2. The summed E-state index contributed by atoms with van der Waals surface area (Å²) in [5.74, 6) is 1.22. The van der Waals surface area contributed by atoms with E-state index in [4.69, 9.17) is 9.72 Å². The molecule has 1 aromatic rings. The normalized spacial score (nSPS) is 15.6. The highest BCUT2D eigenvalue weighted by Gasteiger charge is 2.33. The van der Waals surface area contributed by atoms with Gasteiger partial charge >= 0.3 is 0 Å². The fraction of sp³-hybridized carbons (Fsp3) is 0.727. The van der Waals surface area contributed by atoms with Crippen LogP contribution in [0.4, 0.5) is 5.82 Å². The highest BCUT2D eigenvalue weighted by Crippen LogP contribution is 2.37. The predicted molar refractivity (Wildman–Crippen MR) is 108 cm³/mol. The summed E-state index contributed by atoms with van der Waals surface area (Å²) in [4.78, 5) is 7.38. The van der Waals surface area contributed by atoms with Crippen LogP contribution >= 0.6 is 0 Å². The molecule has 26 heavy (non-hydrogen) atoms. The molecule has 1 aliphatic rings. The van der Waals surface area contributed by atoms with E-state index in [0.29, 0.717) is 12.5 Å². The Hall–Kier alpha value is -1.60. The van der Waals surface area contributed by atoms with Gasteiger partial charge in [-0.2, -0.15) is 5.26 Å². The van der Waals surface area contributed by atoms with Crippen LogP contribution in [0.2, 0.25) is 0 Å². The van der Waals surface area contributed by atoms with Crippen LogP contribution in [0.5, 0.6) is 0 Å². The molecule has 4 nitrogen and oxygen atoms in total. The molecule has 144 valence electrons. The van der Waals surface area contributed by atoms with Crippen molar-refractivity contribution in [2.75, 3.05) is 18.0 Å². The number of hydrogen-bond acceptors (Lipinski definition) is 4. The highest BCUT2D eigenvalue weighted by molar-refractivity contribution is 5.62. The van der Waals surface area contributed by atoms with Gasteiger partial charge in [0, 0.05) is 25.1 Å². The van der Waals surface area contributed by atoms with Crippen molar-refractivity contribution in [1.82, 2.24) is 4.98 Å². The molecule has 0 amide bonds. The van der Waals surface area contributed by atoms with Crippen LogP contribution in [-0.4, -0.2) is 23.7 Å². The summed E-state index contributed by atoms with van der Waals surface area (Å²) < 4.78 is 6.05. The quantitative estimate of drug-likeness (QED) is 0.630. The van der Waals surface area contributed by atoms with Crippen LogP contribution in [0.3, 0.4) is 0 Å². The van der Waals surface area contributed by atoms with Crippen LogP contribution in [0.1, 0.15) is 95.5 Å². The number of rotatable bonds is 8. The van der Waals surface area contributed by atoms with E-state index in [9.17, 15) is 5.26 Å². The number of aromatic nitrogens is 1. The zero-order chi connectivity index (χ0) is 19.3. The minimum atomic E-state index is -0.233. The number of hydrogen-bond donors (Lipinski definition) is 0. The van der Waals surface area contributed by atoms with E-state index in [1.165, 1.54) is 0 Å². The Bertz CT molecular complexity index is 650. The van der Waals surface area contributed by atoms with E-state index >= 15 is 0 Å². The third-order valence-corrected chi connectivity index (χ3v) is 5.16. The summed E-state index contributed by atoms with van der Waals surface area (Å²) in [7, 11) is 0. The smallest absolute Gasteiger partial charge is 0.147 e. The first-order valence-corrected chi connectivity index (χ1v) is 10.2. The lowest BCUT2D eigenvalue weighted by Gasteiger charge is -2.35. The highest BCUT2D eigenvalue weighted by atomic mass is 16.5. The lowest BCUT2D eigenvalue weighted by Crippen LogP contribution is -2.35. The van der Waals surface area contributed by atoms with Gasteiger partial charge in [0.05, 0.1) is 23.5 Å². The number of ether oxygens (including phenoxy) is 1. The van der Waals surface area contributed by atoms with Gasteiger partial charge in [-0.1, -0.05) is 40.5 Å². The standard InChI is InChI=1S/C22H35N3O/c1-7-9-11-25(12-10-8-2)21-18(14-23)17-13-22(5,6)26-15-19(17)20(24-21)16(3)4/h16H,7-13,15H2,1-6H3. The minimum Gasteiger partial charge on any atom is -0.370 e. The Balaban J connectivity index is 2.60. The third kappa shape index (κ3) is 4.57. The van der Waals surface area contributed by atoms with Gasteiger partial charge in [-0.05, 0) is 38.2 Å². The maximum absolute atomic E-state index is 10.0. The second-order valence-electron chi connectivity index (χ2n) is 8.34. The molecule has 1 aliphatic heterocycles. The Labute approximate surface area is 159 Å². The van der Waals surface area contributed by atoms with E-state index in [1.807, 2.05) is 0 Å². The van der Waals surface area contributed by atoms with Crippen molar-refractivity contribution < 1.29 is 4.74 Å². The number of anilines is 1. The van der Waals surface area contributed by atoms with Crippen molar-refractivity contribution in [2.45, 2.75) is 91.8 Å². The van der Waals surface area contributed by atoms with E-state index in [2.05, 4.69) is 52.5 Å². The van der Waals surface area contributed by atoms with E-state index < -0.39 is 0 Å². The van der Waals surface area contributed by atoms with Crippen molar-refractivity contribution >= 4 is 5.82 Å². The summed E-state index contributed by atoms with van der Waals surface area (Å²) in [6.45, 7) is 15.5. The van der Waals surface area contributed by atoms with Crippen molar-refractivity contribution in [1.29, 1.82) is 5.26 Å². The Morgan fingerprint density at radius 1 is 1.15 bits per heavy atom. The van der Waals surface area contributed by atoms with Crippen LogP contribution in [0.15, 0.2) is 0 Å². The average molecular weight is 358 g/mol. The molecule has 0 radical (unpaired) electrons.